The molecule has 44 heavy (non-hydrogen) atoms. The maximum Gasteiger partial charge on any atom is 0.0991 e. The van der Waals surface area contributed by atoms with Crippen LogP contribution in [0.15, 0.2) is 138 Å². The van der Waals surface area contributed by atoms with Crippen molar-refractivity contribution in [3.63, 3.8) is 0 Å². The van der Waals surface area contributed by atoms with Gasteiger partial charge in [-0.05, 0) is 120 Å². The number of benzene rings is 6. The van der Waals surface area contributed by atoms with Crippen molar-refractivity contribution in [1.82, 2.24) is 9.13 Å². The molecule has 0 spiro atoms. The Bertz CT molecular complexity index is 2410. The van der Waals surface area contributed by atoms with Crippen molar-refractivity contribution < 1.29 is 0 Å². The number of hydrogen-bond donors (Lipinski definition) is 0. The maximum absolute atomic E-state index is 9.38. The Morgan fingerprint density at radius 2 is 0.977 bits per heavy atom. The first-order valence-corrected chi connectivity index (χ1v) is 17.6. The van der Waals surface area contributed by atoms with Crippen LogP contribution in [0.2, 0.25) is 0 Å². The van der Waals surface area contributed by atoms with E-state index in [4.69, 9.17) is 0 Å². The highest BCUT2D eigenvalue weighted by molar-refractivity contribution is 8.32. The van der Waals surface area contributed by atoms with Gasteiger partial charge in [0.05, 0.1) is 33.7 Å². The van der Waals surface area contributed by atoms with E-state index in [1.54, 1.807) is 0 Å². The third kappa shape index (κ3) is 4.12. The normalized spacial score (nSPS) is 12.3. The van der Waals surface area contributed by atoms with Crippen LogP contribution in [-0.4, -0.2) is 27.9 Å². The zero-order chi connectivity index (χ0) is 30.0. The first-order chi connectivity index (χ1) is 21.4. The highest BCUT2D eigenvalue weighted by Gasteiger charge is 2.18. The molecule has 0 radical (unpaired) electrons. The number of hydrogen-bond acceptors (Lipinski definition) is 1. The number of rotatable bonds is 4. The quantitative estimate of drug-likeness (QED) is 0.202. The summed E-state index contributed by atoms with van der Waals surface area (Å²) in [6.07, 6.45) is 7.04. The molecule has 0 N–H and O–H groups in total. The van der Waals surface area contributed by atoms with Gasteiger partial charge in [0.2, 0.25) is 0 Å². The lowest BCUT2D eigenvalue weighted by Crippen LogP contribution is -1.95. The minimum Gasteiger partial charge on any atom is -0.309 e. The Morgan fingerprint density at radius 3 is 1.59 bits per heavy atom. The van der Waals surface area contributed by atoms with Gasteiger partial charge in [0, 0.05) is 32.9 Å². The SMILES string of the molecule is CS(C)(C)c1ccc2c(c1)c1cc(-c3ccc4c(c3)c3ccccc3n4-c3ccccc3)ccc1n2-c1ccc(C#N)cc1. The molecule has 0 fully saturated rings. The Hall–Kier alpha value is -5.24. The van der Waals surface area contributed by atoms with Crippen LogP contribution in [0.3, 0.4) is 0 Å². The van der Waals surface area contributed by atoms with E-state index in [1.165, 1.54) is 59.8 Å². The highest BCUT2D eigenvalue weighted by atomic mass is 32.3. The molecule has 2 aromatic heterocycles. The number of para-hydroxylation sites is 2. The molecule has 0 saturated carbocycles. The van der Waals surface area contributed by atoms with Crippen LogP contribution in [0, 0.1) is 11.3 Å². The summed E-state index contributed by atoms with van der Waals surface area (Å²) in [7, 11) is -0.903. The summed E-state index contributed by atoms with van der Waals surface area (Å²) < 4.78 is 4.69. The first kappa shape index (κ1) is 26.4. The van der Waals surface area contributed by atoms with Gasteiger partial charge in [-0.1, -0.05) is 48.5 Å². The van der Waals surface area contributed by atoms with Gasteiger partial charge in [0.1, 0.15) is 0 Å². The van der Waals surface area contributed by atoms with Crippen LogP contribution in [0.1, 0.15) is 5.56 Å². The summed E-state index contributed by atoms with van der Waals surface area (Å²) in [6, 6.07) is 50.1. The average molecular weight is 586 g/mol. The van der Waals surface area contributed by atoms with Gasteiger partial charge in [0.25, 0.3) is 0 Å². The Balaban J connectivity index is 1.36. The molecule has 212 valence electrons. The Morgan fingerprint density at radius 1 is 0.477 bits per heavy atom. The summed E-state index contributed by atoms with van der Waals surface area (Å²) in [5.74, 6) is 0. The van der Waals surface area contributed by atoms with Gasteiger partial charge in [-0.2, -0.15) is 5.26 Å². The van der Waals surface area contributed by atoms with E-state index in [9.17, 15) is 5.26 Å². The summed E-state index contributed by atoms with van der Waals surface area (Å²) in [4.78, 5) is 1.39. The van der Waals surface area contributed by atoms with Gasteiger partial charge in [-0.15, -0.1) is 0 Å². The van der Waals surface area contributed by atoms with Crippen LogP contribution in [0.4, 0.5) is 0 Å². The van der Waals surface area contributed by atoms with Gasteiger partial charge in [-0.25, -0.2) is 10.0 Å². The second kappa shape index (κ2) is 9.91. The monoisotopic (exact) mass is 585 g/mol. The fourth-order valence-electron chi connectivity index (χ4n) is 6.53. The van der Waals surface area contributed by atoms with Gasteiger partial charge in [-0.3, -0.25) is 0 Å². The topological polar surface area (TPSA) is 33.6 Å². The summed E-state index contributed by atoms with van der Waals surface area (Å²) >= 11 is 0. The Kier molecular flexibility index (Phi) is 5.94. The molecular weight excluding hydrogens is 555 g/mol. The molecule has 0 amide bonds. The molecule has 0 bridgehead atoms. The van der Waals surface area contributed by atoms with Crippen molar-refractivity contribution in [1.29, 1.82) is 5.26 Å². The van der Waals surface area contributed by atoms with Crippen molar-refractivity contribution in [3.8, 4) is 28.6 Å². The van der Waals surface area contributed by atoms with Gasteiger partial charge in [0.15, 0.2) is 0 Å². The van der Waals surface area contributed by atoms with Gasteiger partial charge < -0.3 is 9.13 Å². The third-order valence-corrected chi connectivity index (χ3v) is 10.4. The summed E-state index contributed by atoms with van der Waals surface area (Å²) in [5.41, 5.74) is 10.0. The molecule has 8 rings (SSSR count). The molecule has 8 aromatic rings. The van der Waals surface area contributed by atoms with E-state index >= 15 is 0 Å². The molecule has 3 nitrogen and oxygen atoms in total. The predicted octanol–water partition coefficient (Wildman–Crippen LogP) is 10.5. The standard InChI is InChI=1S/C40H31N3S/c1-44(2,3)32-19-22-40-36(25-32)35-24-29(16-21-39(35)43(40)31-17-13-27(26-41)14-18-31)28-15-20-38-34(23-28)33-11-7-8-12-37(33)42(38)30-9-5-4-6-10-30/h4-25H,1-3H3. The first-order valence-electron chi connectivity index (χ1n) is 14.8. The molecule has 0 aliphatic carbocycles. The van der Waals surface area contributed by atoms with Crippen LogP contribution in [0.5, 0.6) is 0 Å². The van der Waals surface area contributed by atoms with Crippen molar-refractivity contribution >= 4 is 53.6 Å². The molecule has 0 aliphatic rings. The number of aromatic nitrogens is 2. The van der Waals surface area contributed by atoms with E-state index in [0.29, 0.717) is 5.56 Å². The fourth-order valence-corrected chi connectivity index (χ4v) is 7.48. The van der Waals surface area contributed by atoms with Crippen LogP contribution >= 0.6 is 10.0 Å². The molecule has 0 aliphatic heterocycles. The molecule has 0 atom stereocenters. The van der Waals surface area contributed by atoms with Crippen molar-refractivity contribution in [2.24, 2.45) is 0 Å². The summed E-state index contributed by atoms with van der Waals surface area (Å²) in [6.45, 7) is 0. The van der Waals surface area contributed by atoms with E-state index in [2.05, 4.69) is 143 Å². The van der Waals surface area contributed by atoms with Crippen LogP contribution in [-0.2, 0) is 0 Å². The molecule has 2 heterocycles. The number of nitrogens with zero attached hydrogens (tertiary/aromatic N) is 3. The van der Waals surface area contributed by atoms with Crippen molar-refractivity contribution in [2.75, 3.05) is 18.8 Å². The van der Waals surface area contributed by atoms with Crippen LogP contribution in [0.25, 0.3) is 66.1 Å². The fraction of sp³-hybridized carbons (Fsp3) is 0.0750. The molecule has 4 heteroatoms. The minimum absolute atomic E-state index is 0.666. The van der Waals surface area contributed by atoms with E-state index in [1.807, 2.05) is 24.3 Å². The third-order valence-electron chi connectivity index (χ3n) is 8.72. The summed E-state index contributed by atoms with van der Waals surface area (Å²) in [5, 5.41) is 14.4. The number of nitriles is 1. The maximum atomic E-state index is 9.38. The minimum atomic E-state index is -0.903. The number of fused-ring (bicyclic) bond motifs is 6. The van der Waals surface area contributed by atoms with E-state index in [-0.39, 0.29) is 0 Å². The van der Waals surface area contributed by atoms with Crippen molar-refractivity contribution in [2.45, 2.75) is 4.90 Å². The zero-order valence-electron chi connectivity index (χ0n) is 25.0. The second-order valence-corrected chi connectivity index (χ2v) is 16.3. The zero-order valence-corrected chi connectivity index (χ0v) is 25.8. The van der Waals surface area contributed by atoms with Crippen molar-refractivity contribution in [3.05, 3.63) is 139 Å². The Labute approximate surface area is 258 Å². The van der Waals surface area contributed by atoms with E-state index < -0.39 is 10.0 Å². The van der Waals surface area contributed by atoms with Gasteiger partial charge >= 0.3 is 0 Å². The second-order valence-electron chi connectivity index (χ2n) is 12.2. The molecule has 0 unspecified atom stereocenters. The smallest absolute Gasteiger partial charge is 0.0991 e. The predicted molar refractivity (Wildman–Crippen MR) is 189 cm³/mol. The average Bonchev–Trinajstić information content (AvgIpc) is 3.56. The molecular formula is C40H31N3S. The van der Waals surface area contributed by atoms with E-state index in [0.717, 1.165) is 11.2 Å². The lowest BCUT2D eigenvalue weighted by molar-refractivity contribution is 1.18. The highest BCUT2D eigenvalue weighted by Crippen LogP contribution is 2.47. The largest absolute Gasteiger partial charge is 0.309 e. The molecule has 0 saturated heterocycles. The molecule has 6 aromatic carbocycles. The lowest BCUT2D eigenvalue weighted by atomic mass is 10.0. The lowest BCUT2D eigenvalue weighted by Gasteiger charge is -2.25. The van der Waals surface area contributed by atoms with Crippen LogP contribution < -0.4 is 0 Å².